The van der Waals surface area contributed by atoms with E-state index in [1.807, 2.05) is 6.07 Å². The van der Waals surface area contributed by atoms with Crippen molar-refractivity contribution in [1.29, 1.82) is 5.26 Å². The molecule has 0 aliphatic carbocycles. The van der Waals surface area contributed by atoms with Crippen LogP contribution in [-0.2, 0) is 6.54 Å². The highest BCUT2D eigenvalue weighted by Crippen LogP contribution is 2.20. The number of pyridine rings is 1. The van der Waals surface area contributed by atoms with Crippen LogP contribution >= 0.6 is 11.6 Å². The van der Waals surface area contributed by atoms with Crippen LogP contribution in [-0.4, -0.2) is 10.1 Å². The third-order valence-electron chi connectivity index (χ3n) is 2.37. The molecule has 0 aliphatic heterocycles. The molecule has 0 unspecified atom stereocenters. The van der Waals surface area contributed by atoms with Crippen LogP contribution in [0, 0.1) is 11.3 Å². The minimum absolute atomic E-state index is 0.136. The van der Waals surface area contributed by atoms with E-state index in [2.05, 4.69) is 10.3 Å². The molecule has 1 aromatic carbocycles. The fraction of sp³-hybridized carbons (Fsp3) is 0.0769. The zero-order valence-corrected chi connectivity index (χ0v) is 10.1. The number of nitriles is 1. The maximum atomic E-state index is 9.11. The van der Waals surface area contributed by atoms with E-state index in [1.165, 1.54) is 6.20 Å². The van der Waals surface area contributed by atoms with Gasteiger partial charge in [-0.05, 0) is 30.3 Å². The zero-order valence-electron chi connectivity index (χ0n) is 9.39. The van der Waals surface area contributed by atoms with E-state index >= 15 is 0 Å². The van der Waals surface area contributed by atoms with E-state index in [9.17, 15) is 0 Å². The third kappa shape index (κ3) is 2.90. The predicted molar refractivity (Wildman–Crippen MR) is 69.4 cm³/mol. The molecule has 90 valence electrons. The van der Waals surface area contributed by atoms with Crippen LogP contribution in [0.5, 0.6) is 5.75 Å². The summed E-state index contributed by atoms with van der Waals surface area (Å²) in [6, 6.07) is 10.5. The molecule has 0 atom stereocenters. The Morgan fingerprint density at radius 1 is 1.33 bits per heavy atom. The van der Waals surface area contributed by atoms with Gasteiger partial charge < -0.3 is 10.4 Å². The molecular weight excluding hydrogens is 250 g/mol. The van der Waals surface area contributed by atoms with Gasteiger partial charge in [-0.1, -0.05) is 11.6 Å². The van der Waals surface area contributed by atoms with Crippen molar-refractivity contribution < 1.29 is 5.11 Å². The summed E-state index contributed by atoms with van der Waals surface area (Å²) >= 11 is 5.84. The van der Waals surface area contributed by atoms with E-state index in [0.29, 0.717) is 17.1 Å². The lowest BCUT2D eigenvalue weighted by atomic mass is 10.2. The summed E-state index contributed by atoms with van der Waals surface area (Å²) in [5.74, 6) is 0.136. The van der Waals surface area contributed by atoms with Gasteiger partial charge in [0.2, 0.25) is 0 Å². The largest absolute Gasteiger partial charge is 0.506 e. The molecule has 2 rings (SSSR count). The Balaban J connectivity index is 2.06. The Kier molecular flexibility index (Phi) is 3.66. The quantitative estimate of drug-likeness (QED) is 0.889. The van der Waals surface area contributed by atoms with Gasteiger partial charge in [-0.3, -0.25) is 4.98 Å². The Morgan fingerprint density at radius 2 is 2.17 bits per heavy atom. The van der Waals surface area contributed by atoms with Crippen LogP contribution in [0.4, 0.5) is 5.69 Å². The molecule has 5 heteroatoms. The number of nitrogens with zero attached hydrogens (tertiary/aromatic N) is 2. The predicted octanol–water partition coefficient (Wildman–Crippen LogP) is 2.92. The van der Waals surface area contributed by atoms with Crippen molar-refractivity contribution >= 4 is 17.3 Å². The first-order chi connectivity index (χ1) is 8.69. The van der Waals surface area contributed by atoms with Gasteiger partial charge in [-0.2, -0.15) is 5.26 Å². The first kappa shape index (κ1) is 12.2. The summed E-state index contributed by atoms with van der Waals surface area (Å²) in [7, 11) is 0. The van der Waals surface area contributed by atoms with Crippen LogP contribution in [0.25, 0.3) is 0 Å². The first-order valence-electron chi connectivity index (χ1n) is 5.26. The molecule has 1 heterocycles. The van der Waals surface area contributed by atoms with Gasteiger partial charge >= 0.3 is 0 Å². The number of nitrogens with one attached hydrogen (secondary N) is 1. The molecule has 2 N–H and O–H groups in total. The van der Waals surface area contributed by atoms with Crippen molar-refractivity contribution in [3.05, 3.63) is 52.8 Å². The van der Waals surface area contributed by atoms with Crippen molar-refractivity contribution in [2.75, 3.05) is 5.32 Å². The second kappa shape index (κ2) is 5.39. The van der Waals surface area contributed by atoms with Crippen molar-refractivity contribution in [3.8, 4) is 11.8 Å². The highest BCUT2D eigenvalue weighted by Gasteiger charge is 2.01. The summed E-state index contributed by atoms with van der Waals surface area (Å²) in [6.07, 6.45) is 1.39. The fourth-order valence-electron chi connectivity index (χ4n) is 1.43. The highest BCUT2D eigenvalue weighted by atomic mass is 35.5. The van der Waals surface area contributed by atoms with Crippen LogP contribution in [0.15, 0.2) is 36.5 Å². The van der Waals surface area contributed by atoms with E-state index in [0.717, 1.165) is 11.4 Å². The maximum Gasteiger partial charge on any atom is 0.133 e. The van der Waals surface area contributed by atoms with Crippen molar-refractivity contribution in [1.82, 2.24) is 4.98 Å². The minimum atomic E-state index is 0.136. The first-order valence-corrected chi connectivity index (χ1v) is 5.64. The molecule has 0 fully saturated rings. The lowest BCUT2D eigenvalue weighted by Crippen LogP contribution is -2.01. The number of hydrogen-bond donors (Lipinski definition) is 2. The standard InChI is InChI=1S/C13H10ClN3O/c14-13-4-2-10(5-9(13)6-15)16-7-11-1-3-12(18)8-17-11/h1-5,8,16,18H,7H2. The summed E-state index contributed by atoms with van der Waals surface area (Å²) < 4.78 is 0. The maximum absolute atomic E-state index is 9.11. The van der Waals surface area contributed by atoms with Crippen LogP contribution < -0.4 is 5.32 Å². The summed E-state index contributed by atoms with van der Waals surface area (Å²) in [5, 5.41) is 21.5. The van der Waals surface area contributed by atoms with E-state index in [1.54, 1.807) is 30.3 Å². The molecule has 0 bridgehead atoms. The SMILES string of the molecule is N#Cc1cc(NCc2ccc(O)cn2)ccc1Cl. The number of anilines is 1. The van der Waals surface area contributed by atoms with Gasteiger partial charge in [-0.15, -0.1) is 0 Å². The third-order valence-corrected chi connectivity index (χ3v) is 2.70. The average molecular weight is 260 g/mol. The molecule has 18 heavy (non-hydrogen) atoms. The monoisotopic (exact) mass is 259 g/mol. The highest BCUT2D eigenvalue weighted by molar-refractivity contribution is 6.31. The van der Waals surface area contributed by atoms with Gasteiger partial charge in [0.1, 0.15) is 11.8 Å². The van der Waals surface area contributed by atoms with E-state index in [-0.39, 0.29) is 5.75 Å². The van der Waals surface area contributed by atoms with Crippen molar-refractivity contribution in [2.24, 2.45) is 0 Å². The van der Waals surface area contributed by atoms with Crippen LogP contribution in [0.3, 0.4) is 0 Å². The van der Waals surface area contributed by atoms with Gasteiger partial charge in [-0.25, -0.2) is 0 Å². The Hall–Kier alpha value is -2.25. The van der Waals surface area contributed by atoms with Crippen LogP contribution in [0.2, 0.25) is 5.02 Å². The zero-order chi connectivity index (χ0) is 13.0. The van der Waals surface area contributed by atoms with E-state index < -0.39 is 0 Å². The molecule has 4 nitrogen and oxygen atoms in total. The Morgan fingerprint density at radius 3 is 2.83 bits per heavy atom. The molecule has 0 amide bonds. The Bertz CT molecular complexity index is 590. The van der Waals surface area contributed by atoms with Gasteiger partial charge in [0.15, 0.2) is 0 Å². The van der Waals surface area contributed by atoms with Crippen LogP contribution in [0.1, 0.15) is 11.3 Å². The molecule has 0 aliphatic rings. The molecule has 0 saturated heterocycles. The van der Waals surface area contributed by atoms with Gasteiger partial charge in [0.25, 0.3) is 0 Å². The number of aromatic nitrogens is 1. The van der Waals surface area contributed by atoms with Crippen molar-refractivity contribution in [2.45, 2.75) is 6.54 Å². The molecule has 2 aromatic rings. The lowest BCUT2D eigenvalue weighted by Gasteiger charge is -2.06. The normalized spacial score (nSPS) is 9.78. The second-order valence-corrected chi connectivity index (χ2v) is 4.07. The number of aromatic hydroxyl groups is 1. The number of rotatable bonds is 3. The summed E-state index contributed by atoms with van der Waals surface area (Å²) in [6.45, 7) is 0.507. The lowest BCUT2D eigenvalue weighted by molar-refractivity contribution is 0.472. The molecule has 0 radical (unpaired) electrons. The van der Waals surface area contributed by atoms with Crippen molar-refractivity contribution in [3.63, 3.8) is 0 Å². The summed E-state index contributed by atoms with van der Waals surface area (Å²) in [4.78, 5) is 4.05. The fourth-order valence-corrected chi connectivity index (χ4v) is 1.59. The number of hydrogen-bond acceptors (Lipinski definition) is 4. The molecule has 0 saturated carbocycles. The van der Waals surface area contributed by atoms with Gasteiger partial charge in [0.05, 0.1) is 29.0 Å². The number of halogens is 1. The Labute approximate surface area is 109 Å². The number of benzene rings is 1. The molecular formula is C13H10ClN3O. The molecule has 0 spiro atoms. The smallest absolute Gasteiger partial charge is 0.133 e. The topological polar surface area (TPSA) is 68.9 Å². The van der Waals surface area contributed by atoms with Gasteiger partial charge in [0, 0.05) is 5.69 Å². The minimum Gasteiger partial charge on any atom is -0.506 e. The molecule has 1 aromatic heterocycles. The summed E-state index contributed by atoms with van der Waals surface area (Å²) in [5.41, 5.74) is 2.02. The average Bonchev–Trinajstić information content (AvgIpc) is 2.39. The second-order valence-electron chi connectivity index (χ2n) is 3.67. The van der Waals surface area contributed by atoms with E-state index in [4.69, 9.17) is 22.0 Å².